The molecule has 11 nitrogen and oxygen atoms in total. The van der Waals surface area contributed by atoms with Crippen LogP contribution in [0.5, 0.6) is 0 Å². The molecule has 2 aliphatic heterocycles. The van der Waals surface area contributed by atoms with Gasteiger partial charge in [-0.25, -0.2) is 0 Å². The molecule has 0 amide bonds. The molecule has 0 radical (unpaired) electrons. The molecule has 0 saturated carbocycles. The Balaban J connectivity index is 2.85. The van der Waals surface area contributed by atoms with Crippen LogP contribution in [0.15, 0.2) is 50.6 Å². The van der Waals surface area contributed by atoms with Crippen molar-refractivity contribution in [1.29, 1.82) is 0 Å². The molecular weight excluding hydrogens is 464 g/mol. The normalized spacial score (nSPS) is 45.7. The molecule has 2 fully saturated rings. The van der Waals surface area contributed by atoms with Gasteiger partial charge in [0.15, 0.2) is 5.60 Å². The van der Waals surface area contributed by atoms with E-state index in [0.29, 0.717) is 0 Å². The molecule has 0 aromatic heterocycles. The third-order valence-corrected chi connectivity index (χ3v) is 7.05. The van der Waals surface area contributed by atoms with Crippen molar-refractivity contribution in [1.82, 2.24) is 0 Å². The van der Waals surface area contributed by atoms with E-state index in [1.807, 2.05) is 0 Å². The minimum absolute atomic E-state index is 0.332. The number of hydrogen-bond acceptors (Lipinski definition) is 11. The van der Waals surface area contributed by atoms with E-state index in [1.54, 1.807) is 0 Å². The summed E-state index contributed by atoms with van der Waals surface area (Å²) in [6, 6.07) is 0. The lowest BCUT2D eigenvalue weighted by atomic mass is 9.58. The molecule has 0 bridgehead atoms. The predicted octanol–water partition coefficient (Wildman–Crippen LogP) is -1.61. The Morgan fingerprint density at radius 1 is 0.743 bits per heavy atom. The lowest BCUT2D eigenvalue weighted by molar-refractivity contribution is -0.486. The Morgan fingerprint density at radius 3 is 1.71 bits per heavy atom. The second kappa shape index (κ2) is 10.9. The van der Waals surface area contributed by atoms with Crippen LogP contribution < -0.4 is 0 Å². The van der Waals surface area contributed by atoms with Gasteiger partial charge in [0, 0.05) is 12.8 Å². The summed E-state index contributed by atoms with van der Waals surface area (Å²) in [7, 11) is 0. The van der Waals surface area contributed by atoms with E-state index >= 15 is 0 Å². The third-order valence-electron chi connectivity index (χ3n) is 7.05. The summed E-state index contributed by atoms with van der Waals surface area (Å²) in [6.45, 7) is 11.8. The summed E-state index contributed by atoms with van der Waals surface area (Å²) in [5, 5.41) is 86.9. The van der Waals surface area contributed by atoms with Gasteiger partial charge in [0.2, 0.25) is 11.6 Å². The lowest BCUT2D eigenvalue weighted by Gasteiger charge is -2.65. The van der Waals surface area contributed by atoms with E-state index in [-0.39, 0.29) is 6.42 Å². The van der Waals surface area contributed by atoms with Gasteiger partial charge in [-0.15, -0.1) is 26.3 Å². The zero-order valence-electron chi connectivity index (χ0n) is 19.7. The molecule has 2 aliphatic rings. The molecule has 2 rings (SSSR count). The SMILES string of the molecule is C=CC[C@@]1(OC2(CO)O[C@H](CO)[C@@H](O)[C@@H]2O)O[C@H](CO)[C@](O)(CC=C)[C@@](O)(CC=C)[C@]1(O)CC=C. The first-order chi connectivity index (χ1) is 16.4. The second-order valence-corrected chi connectivity index (χ2v) is 9.00. The van der Waals surface area contributed by atoms with Crippen LogP contribution >= 0.6 is 0 Å². The zero-order chi connectivity index (χ0) is 26.7. The number of ether oxygens (including phenoxy) is 3. The quantitative estimate of drug-likeness (QED) is 0.135. The van der Waals surface area contributed by atoms with Crippen molar-refractivity contribution >= 4 is 0 Å². The van der Waals surface area contributed by atoms with Crippen LogP contribution in [0.4, 0.5) is 0 Å². The molecule has 9 atom stereocenters. The Morgan fingerprint density at radius 2 is 1.29 bits per heavy atom. The van der Waals surface area contributed by atoms with Gasteiger partial charge in [0.1, 0.15) is 42.2 Å². The van der Waals surface area contributed by atoms with Gasteiger partial charge in [-0.2, -0.15) is 0 Å². The molecule has 35 heavy (non-hydrogen) atoms. The molecule has 0 aromatic carbocycles. The summed E-state index contributed by atoms with van der Waals surface area (Å²) in [5.41, 5.74) is -7.45. The highest BCUT2D eigenvalue weighted by Crippen LogP contribution is 2.57. The van der Waals surface area contributed by atoms with Gasteiger partial charge in [-0.05, 0) is 12.8 Å². The smallest absolute Gasteiger partial charge is 0.224 e. The van der Waals surface area contributed by atoms with E-state index in [0.717, 1.165) is 0 Å². The van der Waals surface area contributed by atoms with Gasteiger partial charge >= 0.3 is 0 Å². The fraction of sp³-hybridized carbons (Fsp3) is 0.667. The summed E-state index contributed by atoms with van der Waals surface area (Å²) in [4.78, 5) is 0. The average Bonchev–Trinajstić information content (AvgIpc) is 3.06. The van der Waals surface area contributed by atoms with Crippen LogP contribution in [0.1, 0.15) is 25.7 Å². The first kappa shape index (κ1) is 29.7. The molecule has 1 unspecified atom stereocenters. The largest absolute Gasteiger partial charge is 0.394 e. The molecular formula is C24H38O11. The first-order valence-electron chi connectivity index (χ1n) is 11.3. The van der Waals surface area contributed by atoms with Crippen LogP contribution in [0.25, 0.3) is 0 Å². The number of aliphatic hydroxyl groups is 8. The van der Waals surface area contributed by atoms with Crippen LogP contribution in [0.2, 0.25) is 0 Å². The van der Waals surface area contributed by atoms with Crippen LogP contribution in [-0.2, 0) is 14.2 Å². The van der Waals surface area contributed by atoms with Gasteiger partial charge in [0.25, 0.3) is 0 Å². The topological polar surface area (TPSA) is 190 Å². The van der Waals surface area contributed by atoms with Crippen LogP contribution in [0.3, 0.4) is 0 Å². The molecule has 2 saturated heterocycles. The number of rotatable bonds is 13. The minimum atomic E-state index is -2.60. The number of hydrogen-bond donors (Lipinski definition) is 8. The van der Waals surface area contributed by atoms with Crippen molar-refractivity contribution in [3.63, 3.8) is 0 Å². The summed E-state index contributed by atoms with van der Waals surface area (Å²) < 4.78 is 17.5. The predicted molar refractivity (Wildman–Crippen MR) is 124 cm³/mol. The van der Waals surface area contributed by atoms with Crippen molar-refractivity contribution < 1.29 is 55.1 Å². The van der Waals surface area contributed by atoms with Crippen LogP contribution in [-0.4, -0.2) is 113 Å². The Kier molecular flexibility index (Phi) is 9.24. The molecule has 2 heterocycles. The fourth-order valence-electron chi connectivity index (χ4n) is 5.25. The lowest BCUT2D eigenvalue weighted by Crippen LogP contribution is -2.85. The Bertz CT molecular complexity index is 791. The monoisotopic (exact) mass is 502 g/mol. The molecule has 0 aromatic rings. The van der Waals surface area contributed by atoms with E-state index < -0.39 is 91.9 Å². The second-order valence-electron chi connectivity index (χ2n) is 9.00. The first-order valence-corrected chi connectivity index (χ1v) is 11.3. The summed E-state index contributed by atoms with van der Waals surface area (Å²) in [6.07, 6.45) is -3.23. The maximum Gasteiger partial charge on any atom is 0.224 e. The highest BCUT2D eigenvalue weighted by molar-refractivity contribution is 5.27. The molecule has 11 heteroatoms. The Hall–Kier alpha value is -1.48. The molecule has 200 valence electrons. The van der Waals surface area contributed by atoms with Crippen molar-refractivity contribution in [2.75, 3.05) is 19.8 Å². The standard InChI is InChI=1S/C24H38O11/c1-5-9-20(30)17(14-26)34-24(12-8-4,23(32,11-7-3)22(20,31)10-6-2)35-21(15-27)19(29)18(28)16(13-25)33-21/h5-8,16-19,25-32H,1-4,9-15H2/t16-,17-,18-,19+,20-,21?,22+,23-,24+/m1/s1. The molecule has 0 spiro atoms. The highest BCUT2D eigenvalue weighted by atomic mass is 16.8. The van der Waals surface area contributed by atoms with Gasteiger partial charge in [-0.3, -0.25) is 0 Å². The van der Waals surface area contributed by atoms with Gasteiger partial charge in [-0.1, -0.05) is 24.3 Å². The van der Waals surface area contributed by atoms with E-state index in [9.17, 15) is 40.9 Å². The van der Waals surface area contributed by atoms with Gasteiger partial charge < -0.3 is 55.1 Å². The van der Waals surface area contributed by atoms with E-state index in [2.05, 4.69) is 26.3 Å². The molecule has 0 aliphatic carbocycles. The maximum atomic E-state index is 12.2. The van der Waals surface area contributed by atoms with Crippen molar-refractivity contribution in [2.24, 2.45) is 0 Å². The van der Waals surface area contributed by atoms with Crippen molar-refractivity contribution in [3.05, 3.63) is 50.6 Å². The highest BCUT2D eigenvalue weighted by Gasteiger charge is 2.77. The fourth-order valence-corrected chi connectivity index (χ4v) is 5.25. The Labute approximate surface area is 204 Å². The number of aliphatic hydroxyl groups excluding tert-OH is 5. The van der Waals surface area contributed by atoms with E-state index in [1.165, 1.54) is 24.3 Å². The summed E-state index contributed by atoms with van der Waals surface area (Å²) in [5.74, 6) is -4.90. The third kappa shape index (κ3) is 4.24. The minimum Gasteiger partial charge on any atom is -0.394 e. The molecule has 8 N–H and O–H groups in total. The van der Waals surface area contributed by atoms with Crippen LogP contribution in [0, 0.1) is 0 Å². The average molecular weight is 503 g/mol. The van der Waals surface area contributed by atoms with Crippen molar-refractivity contribution in [2.45, 2.75) is 78.5 Å². The van der Waals surface area contributed by atoms with Crippen molar-refractivity contribution in [3.8, 4) is 0 Å². The van der Waals surface area contributed by atoms with Gasteiger partial charge in [0.05, 0.1) is 13.2 Å². The maximum absolute atomic E-state index is 12.2. The van der Waals surface area contributed by atoms with E-state index in [4.69, 9.17) is 14.2 Å². The zero-order valence-corrected chi connectivity index (χ0v) is 19.7. The summed E-state index contributed by atoms with van der Waals surface area (Å²) >= 11 is 0.